The number of esters is 1. The third kappa shape index (κ3) is 7.81. The van der Waals surface area contributed by atoms with Gasteiger partial charge in [-0.3, -0.25) is 8.98 Å². The van der Waals surface area contributed by atoms with Crippen LogP contribution in [0.2, 0.25) is 0 Å². The van der Waals surface area contributed by atoms with Gasteiger partial charge in [0.2, 0.25) is 0 Å². The number of aliphatic hydroxyl groups excluding tert-OH is 2. The van der Waals surface area contributed by atoms with E-state index in [0.29, 0.717) is 9.86 Å². The van der Waals surface area contributed by atoms with Gasteiger partial charge in [-0.2, -0.15) is 8.42 Å². The first-order chi connectivity index (χ1) is 17.8. The molecule has 210 valence electrons. The zero-order valence-electron chi connectivity index (χ0n) is 20.5. The van der Waals surface area contributed by atoms with E-state index in [-0.39, 0.29) is 36.5 Å². The van der Waals surface area contributed by atoms with E-state index >= 15 is 0 Å². The molecule has 0 spiro atoms. The third-order valence-corrected chi connectivity index (χ3v) is 7.08. The minimum absolute atomic E-state index is 0.0617. The Hall–Kier alpha value is -2.40. The minimum atomic E-state index is -4.55. The quantitative estimate of drug-likeness (QED) is 0.198. The van der Waals surface area contributed by atoms with Crippen LogP contribution in [0.3, 0.4) is 0 Å². The lowest BCUT2D eigenvalue weighted by Gasteiger charge is -2.17. The summed E-state index contributed by atoms with van der Waals surface area (Å²) < 4.78 is 46.9. The molecule has 2 heterocycles. The van der Waals surface area contributed by atoms with E-state index in [1.54, 1.807) is 22.9 Å². The summed E-state index contributed by atoms with van der Waals surface area (Å²) in [5, 5.41) is 21.0. The van der Waals surface area contributed by atoms with Crippen molar-refractivity contribution in [2.45, 2.75) is 57.1 Å². The van der Waals surface area contributed by atoms with Crippen LogP contribution in [0.25, 0.3) is 11.0 Å². The summed E-state index contributed by atoms with van der Waals surface area (Å²) >= 11 is 3.26. The fourth-order valence-corrected chi connectivity index (χ4v) is 4.88. The van der Waals surface area contributed by atoms with Gasteiger partial charge in [-0.05, 0) is 30.5 Å². The second-order valence-corrected chi connectivity index (χ2v) is 11.5. The van der Waals surface area contributed by atoms with Crippen molar-refractivity contribution >= 4 is 49.1 Å². The first kappa shape index (κ1) is 30.1. The first-order valence-corrected chi connectivity index (χ1v) is 13.9. The summed E-state index contributed by atoms with van der Waals surface area (Å²) in [5.41, 5.74) is 4.73. The van der Waals surface area contributed by atoms with Crippen molar-refractivity contribution in [3.63, 3.8) is 0 Å². The van der Waals surface area contributed by atoms with Crippen LogP contribution in [0.5, 0.6) is 0 Å². The number of nitrogens with two attached hydrogens (primary N) is 1. The van der Waals surface area contributed by atoms with E-state index in [9.17, 15) is 33.0 Å². The van der Waals surface area contributed by atoms with Crippen LogP contribution in [0, 0.1) is 5.92 Å². The Morgan fingerprint density at radius 3 is 2.55 bits per heavy atom. The highest BCUT2D eigenvalue weighted by Crippen LogP contribution is 2.25. The molecule has 0 aliphatic carbocycles. The molecule has 15 heteroatoms. The number of benzene rings is 1. The second-order valence-electron chi connectivity index (χ2n) is 9.19. The van der Waals surface area contributed by atoms with Gasteiger partial charge in [-0.1, -0.05) is 35.8 Å². The fraction of sp³-hybridized carbons (Fsp3) is 0.522. The number of hydrogen-bond acceptors (Lipinski definition) is 12. The highest BCUT2D eigenvalue weighted by Gasteiger charge is 2.43. The second kappa shape index (κ2) is 12.6. The predicted molar refractivity (Wildman–Crippen MR) is 136 cm³/mol. The van der Waals surface area contributed by atoms with E-state index in [1.807, 2.05) is 13.8 Å². The Balaban J connectivity index is 1.50. The molecular formula is C23H29BrN2O11S. The van der Waals surface area contributed by atoms with Crippen molar-refractivity contribution in [1.82, 2.24) is 4.72 Å². The average molecular weight is 621 g/mol. The zero-order chi connectivity index (χ0) is 28.2. The molecule has 0 saturated carbocycles. The number of amides is 1. The van der Waals surface area contributed by atoms with Gasteiger partial charge in [-0.25, -0.2) is 14.3 Å². The first-order valence-electron chi connectivity index (χ1n) is 11.7. The Morgan fingerprint density at radius 2 is 1.87 bits per heavy atom. The maximum atomic E-state index is 12.4. The van der Waals surface area contributed by atoms with E-state index < -0.39 is 64.9 Å². The summed E-state index contributed by atoms with van der Waals surface area (Å²) in [4.78, 5) is 36.5. The number of rotatable bonds is 11. The van der Waals surface area contributed by atoms with Gasteiger partial charge < -0.3 is 29.8 Å². The van der Waals surface area contributed by atoms with Crippen LogP contribution in [-0.4, -0.2) is 74.2 Å². The van der Waals surface area contributed by atoms with Crippen LogP contribution < -0.4 is 16.1 Å². The van der Waals surface area contributed by atoms with Crippen LogP contribution in [-0.2, 0) is 28.8 Å². The number of halogens is 1. The van der Waals surface area contributed by atoms with Crippen LogP contribution in [0.1, 0.15) is 37.0 Å². The maximum Gasteiger partial charge on any atom is 0.362 e. The topological polar surface area (TPSA) is 205 Å². The number of nitrogens with one attached hydrogen (secondary N) is 1. The van der Waals surface area contributed by atoms with Crippen molar-refractivity contribution < 1.29 is 46.3 Å². The van der Waals surface area contributed by atoms with Crippen molar-refractivity contribution in [2.75, 3.05) is 13.2 Å². The number of carbonyl (C=O) groups is 2. The number of aliphatic hydroxyl groups is 2. The van der Waals surface area contributed by atoms with Gasteiger partial charge in [0.15, 0.2) is 0 Å². The molecule has 1 aliphatic rings. The van der Waals surface area contributed by atoms with Gasteiger partial charge >= 0.3 is 21.9 Å². The molecule has 1 aromatic carbocycles. The lowest BCUT2D eigenvalue weighted by atomic mass is 10.0. The van der Waals surface area contributed by atoms with Gasteiger partial charge in [0.05, 0.1) is 25.4 Å². The molecule has 1 aromatic heterocycles. The predicted octanol–water partition coefficient (Wildman–Crippen LogP) is 0.343. The highest BCUT2D eigenvalue weighted by atomic mass is 79.9. The van der Waals surface area contributed by atoms with E-state index in [1.165, 1.54) is 6.07 Å². The molecule has 5 atom stereocenters. The molecule has 3 rings (SSSR count). The van der Waals surface area contributed by atoms with Crippen LogP contribution in [0.4, 0.5) is 0 Å². The molecule has 38 heavy (non-hydrogen) atoms. The fourth-order valence-electron chi connectivity index (χ4n) is 3.77. The smallest absolute Gasteiger partial charge is 0.362 e. The average Bonchev–Trinajstić information content (AvgIpc) is 3.09. The highest BCUT2D eigenvalue weighted by molar-refractivity contribution is 9.10. The molecule has 1 aliphatic heterocycles. The van der Waals surface area contributed by atoms with Crippen molar-refractivity contribution in [3.8, 4) is 0 Å². The van der Waals surface area contributed by atoms with Crippen LogP contribution in [0.15, 0.2) is 37.9 Å². The Bertz CT molecular complexity index is 1330. The number of ether oxygens (including phenoxy) is 2. The molecule has 0 bridgehead atoms. The standard InChI is InChI=1S/C23H29BrN2O11S/c1-11(2)7-15(25)21(29)26-38(32,33)35-10-18-20(28)19(27)16(36-18)5-6-34-22(30)14-8-12-3-4-13(24)9-17(12)37-23(14)31/h3-4,8-9,11,15-16,18-20,27-28H,5-7,10,25H2,1-2H3,(H,26,29). The Morgan fingerprint density at radius 1 is 1.18 bits per heavy atom. The molecule has 1 amide bonds. The SMILES string of the molecule is CC(C)CC(N)C(=O)NS(=O)(=O)OCC1OC(CCOC(=O)c2cc3ccc(Br)cc3oc2=O)C(O)C1O. The molecule has 1 saturated heterocycles. The van der Waals surface area contributed by atoms with Crippen LogP contribution >= 0.6 is 15.9 Å². The number of fused-ring (bicyclic) bond motifs is 1. The van der Waals surface area contributed by atoms with Gasteiger partial charge in [0, 0.05) is 16.3 Å². The van der Waals surface area contributed by atoms with Crippen molar-refractivity contribution in [2.24, 2.45) is 11.7 Å². The van der Waals surface area contributed by atoms with Crippen molar-refractivity contribution in [1.29, 1.82) is 0 Å². The number of hydrogen-bond donors (Lipinski definition) is 4. The Kier molecular flexibility index (Phi) is 10.0. The van der Waals surface area contributed by atoms with E-state index in [2.05, 4.69) is 15.9 Å². The van der Waals surface area contributed by atoms with E-state index in [0.717, 1.165) is 0 Å². The summed E-state index contributed by atoms with van der Waals surface area (Å²) in [5.74, 6) is -1.83. The zero-order valence-corrected chi connectivity index (χ0v) is 22.9. The number of carbonyl (C=O) groups excluding carboxylic acids is 2. The molecule has 2 aromatic rings. The molecule has 13 nitrogen and oxygen atoms in total. The molecule has 5 N–H and O–H groups in total. The largest absolute Gasteiger partial charge is 0.462 e. The van der Waals surface area contributed by atoms with Gasteiger partial charge in [0.1, 0.15) is 29.5 Å². The lowest BCUT2D eigenvalue weighted by Crippen LogP contribution is -2.45. The molecular weight excluding hydrogens is 592 g/mol. The summed E-state index contributed by atoms with van der Waals surface area (Å²) in [6.07, 6.45) is -5.07. The molecule has 5 unspecified atom stereocenters. The van der Waals surface area contributed by atoms with E-state index in [4.69, 9.17) is 23.8 Å². The Labute approximate surface area is 226 Å². The summed E-state index contributed by atoms with van der Waals surface area (Å²) in [6.45, 7) is 2.64. The normalized spacial score (nSPS) is 22.5. The third-order valence-electron chi connectivity index (χ3n) is 5.69. The van der Waals surface area contributed by atoms with Crippen molar-refractivity contribution in [3.05, 3.63) is 44.7 Å². The molecule has 1 fully saturated rings. The summed E-state index contributed by atoms with van der Waals surface area (Å²) in [6, 6.07) is 5.22. The lowest BCUT2D eigenvalue weighted by molar-refractivity contribution is -0.121. The maximum absolute atomic E-state index is 12.4. The summed E-state index contributed by atoms with van der Waals surface area (Å²) in [7, 11) is -4.55. The van der Waals surface area contributed by atoms with Gasteiger partial charge in [0.25, 0.3) is 5.91 Å². The monoisotopic (exact) mass is 620 g/mol. The molecule has 0 radical (unpaired) electrons. The van der Waals surface area contributed by atoms with Gasteiger partial charge in [-0.15, -0.1) is 0 Å². The minimum Gasteiger partial charge on any atom is -0.462 e.